The molecule has 0 aromatic heterocycles. The Morgan fingerprint density at radius 1 is 1.35 bits per heavy atom. The number of amides is 1. The Balaban J connectivity index is 0. The van der Waals surface area contributed by atoms with Gasteiger partial charge in [0.1, 0.15) is 13.2 Å². The fourth-order valence-electron chi connectivity index (χ4n) is 1.47. The van der Waals surface area contributed by atoms with Gasteiger partial charge in [0.2, 0.25) is 5.91 Å². The normalized spacial score (nSPS) is 13.1. The largest absolute Gasteiger partial charge is 0.399 e. The number of carbonyl (C=O) groups excluding carboxylic acids is 1. The summed E-state index contributed by atoms with van der Waals surface area (Å²) < 4.78 is 4.98. The van der Waals surface area contributed by atoms with E-state index >= 15 is 0 Å². The summed E-state index contributed by atoms with van der Waals surface area (Å²) in [6, 6.07) is 0. The monoisotopic (exact) mass is 290 g/mol. The second-order valence-corrected chi connectivity index (χ2v) is 4.87. The fraction of sp³-hybridized carbons (Fsp3) is 0.857. The number of carbonyl (C=O) groups is 1. The number of oxime groups is 1. The van der Waals surface area contributed by atoms with Gasteiger partial charge in [0, 0.05) is 25.5 Å². The summed E-state index contributed by atoms with van der Waals surface area (Å²) in [5.74, 6) is -0.401. The molecule has 0 heterocycles. The van der Waals surface area contributed by atoms with Crippen LogP contribution in [0.5, 0.6) is 0 Å². The van der Waals surface area contributed by atoms with Crippen LogP contribution in [0.15, 0.2) is 5.16 Å². The molecule has 0 rings (SSSR count). The Bertz CT molecular complexity index is 291. The summed E-state index contributed by atoms with van der Waals surface area (Å²) >= 11 is 0. The van der Waals surface area contributed by atoms with Gasteiger partial charge in [-0.3, -0.25) is 4.79 Å². The zero-order valence-corrected chi connectivity index (χ0v) is 13.8. The van der Waals surface area contributed by atoms with Crippen LogP contribution in [0.2, 0.25) is 0 Å². The van der Waals surface area contributed by atoms with Crippen LogP contribution in [-0.4, -0.2) is 50.2 Å². The maximum Gasteiger partial charge on any atom is 0.249 e. The highest BCUT2D eigenvalue weighted by Gasteiger charge is 2.33. The van der Waals surface area contributed by atoms with Crippen LogP contribution in [0.1, 0.15) is 41.0 Å². The van der Waals surface area contributed by atoms with Crippen molar-refractivity contribution in [1.29, 1.82) is 0 Å². The first kappa shape index (κ1) is 21.2. The van der Waals surface area contributed by atoms with E-state index in [1.807, 2.05) is 13.8 Å². The van der Waals surface area contributed by atoms with Crippen molar-refractivity contribution in [2.75, 3.05) is 27.4 Å². The third-order valence-corrected chi connectivity index (χ3v) is 2.54. The minimum absolute atomic E-state index is 0.311. The molecule has 1 unspecified atom stereocenters. The zero-order valence-electron chi connectivity index (χ0n) is 13.8. The number of rotatable bonds is 8. The number of aliphatic hydroxyl groups excluding tert-OH is 1. The van der Waals surface area contributed by atoms with E-state index in [-0.39, 0.29) is 0 Å². The lowest BCUT2D eigenvalue weighted by atomic mass is 9.87. The molecule has 0 aliphatic heterocycles. The van der Waals surface area contributed by atoms with E-state index in [0.717, 1.165) is 5.71 Å². The lowest BCUT2D eigenvalue weighted by Gasteiger charge is -2.28. The molecule has 0 radical (unpaired) electrons. The van der Waals surface area contributed by atoms with Gasteiger partial charge in [-0.25, -0.2) is 0 Å². The second-order valence-electron chi connectivity index (χ2n) is 4.87. The Kier molecular flexibility index (Phi) is 12.3. The molecule has 0 saturated heterocycles. The molecule has 2 N–H and O–H groups in total. The van der Waals surface area contributed by atoms with E-state index in [9.17, 15) is 9.90 Å². The van der Waals surface area contributed by atoms with E-state index < -0.39 is 17.4 Å². The molecule has 0 aliphatic carbocycles. The van der Waals surface area contributed by atoms with Gasteiger partial charge in [-0.2, -0.15) is 0 Å². The van der Waals surface area contributed by atoms with Crippen LogP contribution in [0.4, 0.5) is 0 Å². The first-order chi connectivity index (χ1) is 9.35. The Labute approximate surface area is 122 Å². The molecule has 120 valence electrons. The molecule has 0 fully saturated rings. The number of hydrogen-bond donors (Lipinski definition) is 2. The molecule has 20 heavy (non-hydrogen) atoms. The molecule has 0 bridgehead atoms. The summed E-state index contributed by atoms with van der Waals surface area (Å²) in [4.78, 5) is 16.3. The molecule has 0 aromatic carbocycles. The third-order valence-electron chi connectivity index (χ3n) is 2.54. The molecule has 6 heteroatoms. The van der Waals surface area contributed by atoms with Crippen LogP contribution >= 0.6 is 0 Å². The smallest absolute Gasteiger partial charge is 0.249 e. The molecule has 1 atom stereocenters. The molecule has 0 spiro atoms. The van der Waals surface area contributed by atoms with Crippen molar-refractivity contribution in [3.63, 3.8) is 0 Å². The van der Waals surface area contributed by atoms with Crippen molar-refractivity contribution in [3.8, 4) is 0 Å². The number of methoxy groups -OCH3 is 1. The van der Waals surface area contributed by atoms with Gasteiger partial charge >= 0.3 is 0 Å². The van der Waals surface area contributed by atoms with Crippen molar-refractivity contribution in [2.24, 2.45) is 10.6 Å². The quantitative estimate of drug-likeness (QED) is 0.525. The maximum absolute atomic E-state index is 11.7. The second kappa shape index (κ2) is 11.7. The van der Waals surface area contributed by atoms with Gasteiger partial charge in [0.05, 0.1) is 12.3 Å². The predicted octanol–water partition coefficient (Wildman–Crippen LogP) is 1.57. The first-order valence-electron chi connectivity index (χ1n) is 6.86. The Hall–Kier alpha value is -1.14. The molecular formula is C14H30N2O4. The number of nitrogens with zero attached hydrogens (tertiary/aromatic N) is 1. The molecular weight excluding hydrogens is 260 g/mol. The van der Waals surface area contributed by atoms with Crippen LogP contribution in [0.3, 0.4) is 0 Å². The number of aliphatic hydroxyl groups is 1. The van der Waals surface area contributed by atoms with Crippen molar-refractivity contribution >= 4 is 11.6 Å². The van der Waals surface area contributed by atoms with Gasteiger partial charge in [-0.15, -0.1) is 0 Å². The van der Waals surface area contributed by atoms with E-state index in [4.69, 9.17) is 4.74 Å². The minimum Gasteiger partial charge on any atom is -0.399 e. The van der Waals surface area contributed by atoms with Crippen LogP contribution < -0.4 is 5.32 Å². The van der Waals surface area contributed by atoms with Crippen molar-refractivity contribution in [3.05, 3.63) is 0 Å². The van der Waals surface area contributed by atoms with E-state index in [1.165, 1.54) is 14.2 Å². The van der Waals surface area contributed by atoms with Gasteiger partial charge in [-0.1, -0.05) is 32.9 Å². The summed E-state index contributed by atoms with van der Waals surface area (Å²) in [6.45, 7) is 10.1. The molecule has 1 amide bonds. The third kappa shape index (κ3) is 8.87. The average molecular weight is 290 g/mol. The summed E-state index contributed by atoms with van der Waals surface area (Å²) in [5.41, 5.74) is 0.164. The van der Waals surface area contributed by atoms with Crippen LogP contribution in [0.25, 0.3) is 0 Å². The highest BCUT2D eigenvalue weighted by atomic mass is 16.6. The lowest BCUT2D eigenvalue weighted by Crippen LogP contribution is -2.46. The van der Waals surface area contributed by atoms with Gasteiger partial charge in [-0.05, 0) is 6.92 Å². The first-order valence-corrected chi connectivity index (χ1v) is 6.86. The molecule has 0 aliphatic rings. The predicted molar refractivity (Wildman–Crippen MR) is 80.8 cm³/mol. The van der Waals surface area contributed by atoms with Gasteiger partial charge < -0.3 is 20.0 Å². The topological polar surface area (TPSA) is 80.2 Å². The van der Waals surface area contributed by atoms with Gasteiger partial charge in [0.15, 0.2) is 0 Å². The van der Waals surface area contributed by atoms with E-state index in [0.29, 0.717) is 19.6 Å². The SMILES string of the molecule is CC.COCC(C)(C)C(O)C(=O)NCC/C(C)=N/OC. The van der Waals surface area contributed by atoms with Crippen LogP contribution in [0, 0.1) is 5.41 Å². The van der Waals surface area contributed by atoms with Crippen LogP contribution in [-0.2, 0) is 14.4 Å². The number of nitrogens with one attached hydrogen (secondary N) is 1. The average Bonchev–Trinajstić information content (AvgIpc) is 2.40. The standard InChI is InChI=1S/C12H24N2O4.C2H6/c1-9(14-18-5)6-7-13-11(16)10(15)12(2,3)8-17-4;1-2/h10,15H,6-8H2,1-5H3,(H,13,16);1-2H3/b14-9+;. The van der Waals surface area contributed by atoms with Gasteiger partial charge in [0.25, 0.3) is 0 Å². The lowest BCUT2D eigenvalue weighted by molar-refractivity contribution is -0.137. The molecule has 0 aromatic rings. The molecule has 6 nitrogen and oxygen atoms in total. The highest BCUT2D eigenvalue weighted by molar-refractivity contribution is 5.84. The van der Waals surface area contributed by atoms with E-state index in [1.54, 1.807) is 20.8 Å². The maximum atomic E-state index is 11.7. The zero-order chi connectivity index (χ0) is 16.2. The number of ether oxygens (including phenoxy) is 1. The number of hydrogen-bond acceptors (Lipinski definition) is 5. The Morgan fingerprint density at radius 2 is 1.90 bits per heavy atom. The van der Waals surface area contributed by atoms with Crippen molar-refractivity contribution in [2.45, 2.75) is 47.1 Å². The van der Waals surface area contributed by atoms with E-state index in [2.05, 4.69) is 15.3 Å². The molecule has 0 saturated carbocycles. The van der Waals surface area contributed by atoms with Crippen molar-refractivity contribution in [1.82, 2.24) is 5.32 Å². The summed E-state index contributed by atoms with van der Waals surface area (Å²) in [6.07, 6.45) is -0.520. The fourth-order valence-corrected chi connectivity index (χ4v) is 1.47. The highest BCUT2D eigenvalue weighted by Crippen LogP contribution is 2.20. The minimum atomic E-state index is -1.10. The van der Waals surface area contributed by atoms with Crippen molar-refractivity contribution < 1.29 is 19.5 Å². The summed E-state index contributed by atoms with van der Waals surface area (Å²) in [5, 5.41) is 16.3. The summed E-state index contributed by atoms with van der Waals surface area (Å²) in [7, 11) is 3.01. The Morgan fingerprint density at radius 3 is 2.35 bits per heavy atom.